The second-order valence-corrected chi connectivity index (χ2v) is 7.51. The molecular weight excluding hydrogens is 423 g/mol. The lowest BCUT2D eigenvalue weighted by atomic mass is 10.1. The number of aliphatic imine (C=N–C) groups is 1. The van der Waals surface area contributed by atoms with Crippen LogP contribution in [-0.4, -0.2) is 33.6 Å². The molecule has 2 aromatic carbocycles. The van der Waals surface area contributed by atoms with Gasteiger partial charge in [-0.15, -0.1) is 0 Å². The molecule has 0 unspecified atom stereocenters. The molecule has 1 heterocycles. The zero-order valence-corrected chi connectivity index (χ0v) is 17.5. The summed E-state index contributed by atoms with van der Waals surface area (Å²) in [5.74, 6) is -1.20. The first-order valence-electron chi connectivity index (χ1n) is 9.82. The van der Waals surface area contributed by atoms with Crippen molar-refractivity contribution < 1.29 is 27.9 Å². The summed E-state index contributed by atoms with van der Waals surface area (Å²) < 4.78 is 41.4. The summed E-state index contributed by atoms with van der Waals surface area (Å²) in [4.78, 5) is 27.0. The number of nitrogens with two attached hydrogens (primary N) is 1. The molecule has 0 radical (unpaired) electrons. The first-order chi connectivity index (χ1) is 15.0. The Labute approximate surface area is 182 Å². The van der Waals surface area contributed by atoms with Crippen LogP contribution in [-0.2, 0) is 15.8 Å². The molecule has 0 aliphatic rings. The highest BCUT2D eigenvalue weighted by Gasteiger charge is 2.32. The molecule has 6 nitrogen and oxygen atoms in total. The van der Waals surface area contributed by atoms with Crippen molar-refractivity contribution in [2.24, 2.45) is 10.7 Å². The smallest absolute Gasteiger partial charge is 0.416 e. The molecule has 1 amide bonds. The monoisotopic (exact) mass is 445 g/mol. The van der Waals surface area contributed by atoms with Crippen molar-refractivity contribution in [2.45, 2.75) is 32.9 Å². The van der Waals surface area contributed by atoms with Gasteiger partial charge >= 0.3 is 6.18 Å². The zero-order chi connectivity index (χ0) is 23.6. The fourth-order valence-corrected chi connectivity index (χ4v) is 3.39. The van der Waals surface area contributed by atoms with E-state index in [2.05, 4.69) is 4.99 Å². The Bertz CT molecular complexity index is 1210. The maximum atomic E-state index is 13.3. The molecule has 0 bridgehead atoms. The number of amides is 1. The highest BCUT2D eigenvalue weighted by Crippen LogP contribution is 2.38. The van der Waals surface area contributed by atoms with E-state index in [1.165, 1.54) is 10.6 Å². The maximum Gasteiger partial charge on any atom is 0.416 e. The summed E-state index contributed by atoms with van der Waals surface area (Å²) in [6, 6.07) is 10.2. The number of alkyl halides is 3. The van der Waals surface area contributed by atoms with Crippen LogP contribution in [0.3, 0.4) is 0 Å². The van der Waals surface area contributed by atoms with Crippen LogP contribution in [0.2, 0.25) is 0 Å². The van der Waals surface area contributed by atoms with Crippen molar-refractivity contribution in [3.05, 3.63) is 59.2 Å². The minimum Gasteiger partial charge on any atom is -0.494 e. The summed E-state index contributed by atoms with van der Waals surface area (Å²) >= 11 is 0. The van der Waals surface area contributed by atoms with E-state index in [-0.39, 0.29) is 47.8 Å². The topological polar surface area (TPSA) is 97.7 Å². The molecule has 168 valence electrons. The number of halogens is 3. The Morgan fingerprint density at radius 1 is 1.09 bits per heavy atom. The van der Waals surface area contributed by atoms with Gasteiger partial charge in [0.15, 0.2) is 5.78 Å². The third-order valence-electron chi connectivity index (χ3n) is 5.07. The van der Waals surface area contributed by atoms with E-state index in [1.807, 2.05) is 6.92 Å². The number of aromatic hydroxyl groups is 1. The number of hydrogen-bond donors (Lipinski definition) is 2. The summed E-state index contributed by atoms with van der Waals surface area (Å²) in [5.41, 5.74) is 6.30. The third kappa shape index (κ3) is 4.82. The standard InChI is InChI=1S/C23H22F3N3O3/c1-13-3-6-16(7-4-13)29-19-11-15(23(24,25)26)5-9-18(19)21(22(29)32)14(2)28-12-17(30)8-10-20(27)31/h3-7,9,11,32H,8,10,12H2,1-2H3,(H2,27,31). The van der Waals surface area contributed by atoms with E-state index in [1.54, 1.807) is 31.2 Å². The van der Waals surface area contributed by atoms with Crippen LogP contribution in [0.25, 0.3) is 16.6 Å². The van der Waals surface area contributed by atoms with E-state index in [0.717, 1.165) is 17.7 Å². The molecule has 0 saturated carbocycles. The normalized spacial score (nSPS) is 12.3. The maximum absolute atomic E-state index is 13.3. The number of nitrogens with zero attached hydrogens (tertiary/aromatic N) is 2. The van der Waals surface area contributed by atoms with Crippen LogP contribution < -0.4 is 5.73 Å². The molecule has 0 spiro atoms. The molecule has 3 rings (SSSR count). The predicted octanol–water partition coefficient (Wildman–Crippen LogP) is 4.31. The van der Waals surface area contributed by atoms with Crippen LogP contribution >= 0.6 is 0 Å². The number of benzene rings is 2. The van der Waals surface area contributed by atoms with E-state index in [9.17, 15) is 27.9 Å². The molecule has 0 fully saturated rings. The van der Waals surface area contributed by atoms with Crippen molar-refractivity contribution in [2.75, 3.05) is 6.54 Å². The molecule has 0 saturated heterocycles. The fraction of sp³-hybridized carbons (Fsp3) is 0.261. The van der Waals surface area contributed by atoms with E-state index in [0.29, 0.717) is 11.1 Å². The summed E-state index contributed by atoms with van der Waals surface area (Å²) in [6.07, 6.45) is -4.70. The number of fused-ring (bicyclic) bond motifs is 1. The number of Topliss-reactive ketones (excluding diaryl/α,β-unsaturated/α-hetero) is 1. The molecule has 3 N–H and O–H groups in total. The highest BCUT2D eigenvalue weighted by molar-refractivity contribution is 6.13. The molecule has 0 aliphatic heterocycles. The number of ketones is 1. The molecule has 0 aliphatic carbocycles. The van der Waals surface area contributed by atoms with Crippen LogP contribution in [0.5, 0.6) is 5.88 Å². The summed E-state index contributed by atoms with van der Waals surface area (Å²) in [5, 5.41) is 11.4. The number of hydrogen-bond acceptors (Lipinski definition) is 4. The number of carbonyl (C=O) groups is 2. The summed E-state index contributed by atoms with van der Waals surface area (Å²) in [7, 11) is 0. The highest BCUT2D eigenvalue weighted by atomic mass is 19.4. The van der Waals surface area contributed by atoms with Crippen molar-refractivity contribution in [1.82, 2.24) is 4.57 Å². The van der Waals surface area contributed by atoms with Gasteiger partial charge in [-0.2, -0.15) is 13.2 Å². The first kappa shape index (κ1) is 23.1. The third-order valence-corrected chi connectivity index (χ3v) is 5.07. The van der Waals surface area contributed by atoms with Gasteiger partial charge in [0.25, 0.3) is 0 Å². The molecule has 3 aromatic rings. The second kappa shape index (κ2) is 8.86. The Hall–Kier alpha value is -3.62. The Morgan fingerprint density at radius 2 is 1.75 bits per heavy atom. The molecule has 1 aromatic heterocycles. The van der Waals surface area contributed by atoms with Crippen molar-refractivity contribution in [1.29, 1.82) is 0 Å². The minimum absolute atomic E-state index is 0.0574. The van der Waals surface area contributed by atoms with Gasteiger partial charge in [0.2, 0.25) is 11.8 Å². The van der Waals surface area contributed by atoms with Gasteiger partial charge in [0.05, 0.1) is 23.2 Å². The number of aromatic nitrogens is 1. The Kier molecular flexibility index (Phi) is 6.38. The zero-order valence-electron chi connectivity index (χ0n) is 17.5. The quantitative estimate of drug-likeness (QED) is 0.531. The van der Waals surface area contributed by atoms with Crippen LogP contribution in [0.4, 0.5) is 13.2 Å². The van der Waals surface area contributed by atoms with Crippen LogP contribution in [0.15, 0.2) is 47.5 Å². The van der Waals surface area contributed by atoms with Gasteiger partial charge in [0.1, 0.15) is 0 Å². The van der Waals surface area contributed by atoms with Crippen molar-refractivity contribution >= 4 is 28.3 Å². The average molecular weight is 445 g/mol. The average Bonchev–Trinajstić information content (AvgIpc) is 3.01. The van der Waals surface area contributed by atoms with Gasteiger partial charge in [0, 0.05) is 29.6 Å². The van der Waals surface area contributed by atoms with Gasteiger partial charge in [-0.05, 0) is 38.1 Å². The van der Waals surface area contributed by atoms with Gasteiger partial charge in [-0.3, -0.25) is 19.1 Å². The first-order valence-corrected chi connectivity index (χ1v) is 9.82. The SMILES string of the molecule is CC(=NCC(=O)CCC(N)=O)c1c(O)n(-c2ccc(C)cc2)c2cc(C(F)(F)F)ccc12. The lowest BCUT2D eigenvalue weighted by Gasteiger charge is -2.10. The lowest BCUT2D eigenvalue weighted by Crippen LogP contribution is -2.14. The molecule has 0 atom stereocenters. The number of aryl methyl sites for hydroxylation is 1. The predicted molar refractivity (Wildman–Crippen MR) is 115 cm³/mol. The molecular formula is C23H22F3N3O3. The van der Waals surface area contributed by atoms with Gasteiger partial charge < -0.3 is 10.8 Å². The van der Waals surface area contributed by atoms with E-state index in [4.69, 9.17) is 5.73 Å². The van der Waals surface area contributed by atoms with E-state index < -0.39 is 17.6 Å². The van der Waals surface area contributed by atoms with Crippen molar-refractivity contribution in [3.63, 3.8) is 0 Å². The molecule has 32 heavy (non-hydrogen) atoms. The van der Waals surface area contributed by atoms with E-state index >= 15 is 0 Å². The summed E-state index contributed by atoms with van der Waals surface area (Å²) in [6.45, 7) is 3.19. The van der Waals surface area contributed by atoms with Gasteiger partial charge in [-0.1, -0.05) is 23.8 Å². The Morgan fingerprint density at radius 3 is 2.34 bits per heavy atom. The lowest BCUT2D eigenvalue weighted by molar-refractivity contribution is -0.137. The second-order valence-electron chi connectivity index (χ2n) is 7.51. The fourth-order valence-electron chi connectivity index (χ4n) is 3.39. The minimum atomic E-state index is -4.55. The largest absolute Gasteiger partial charge is 0.494 e. The van der Waals surface area contributed by atoms with Crippen LogP contribution in [0.1, 0.15) is 36.5 Å². The van der Waals surface area contributed by atoms with Gasteiger partial charge in [-0.25, -0.2) is 0 Å². The van der Waals surface area contributed by atoms with Crippen molar-refractivity contribution in [3.8, 4) is 11.6 Å². The number of rotatable bonds is 7. The Balaban J connectivity index is 2.13. The number of carbonyl (C=O) groups excluding carboxylic acids is 2. The molecule has 9 heteroatoms. The van der Waals surface area contributed by atoms with Crippen LogP contribution in [0, 0.1) is 6.92 Å². The number of primary amides is 1.